The summed E-state index contributed by atoms with van der Waals surface area (Å²) in [6.07, 6.45) is 2.44. The molecule has 0 aromatic heterocycles. The molecular formula is C11H14O5. The Balaban J connectivity index is 0.00000106. The van der Waals surface area contributed by atoms with Crippen molar-refractivity contribution < 1.29 is 24.9 Å². The second-order valence-electron chi connectivity index (χ2n) is 2.60. The summed E-state index contributed by atoms with van der Waals surface area (Å²) >= 11 is 0. The van der Waals surface area contributed by atoms with E-state index in [0.29, 0.717) is 11.3 Å². The highest BCUT2D eigenvalue weighted by molar-refractivity contribution is 5.85. The minimum atomic E-state index is -1.02. The maximum absolute atomic E-state index is 10.2. The van der Waals surface area contributed by atoms with E-state index in [0.717, 1.165) is 13.2 Å². The van der Waals surface area contributed by atoms with Gasteiger partial charge in [-0.3, -0.25) is 0 Å². The molecule has 3 N–H and O–H groups in total. The first kappa shape index (κ1) is 14.0. The van der Waals surface area contributed by atoms with Crippen molar-refractivity contribution in [3.63, 3.8) is 0 Å². The fourth-order valence-corrected chi connectivity index (χ4v) is 0.965. The first-order chi connectivity index (χ1) is 7.63. The van der Waals surface area contributed by atoms with Gasteiger partial charge in [-0.25, -0.2) is 4.79 Å². The topological polar surface area (TPSA) is 87.0 Å². The molecule has 0 fully saturated rings. The Morgan fingerprint density at radius 1 is 1.38 bits per heavy atom. The van der Waals surface area contributed by atoms with Crippen LogP contribution in [0.5, 0.6) is 11.5 Å². The number of carbonyl (C=O) groups is 1. The van der Waals surface area contributed by atoms with Crippen molar-refractivity contribution in [1.29, 1.82) is 0 Å². The third-order valence-corrected chi connectivity index (χ3v) is 1.62. The Kier molecular flexibility index (Phi) is 6.39. The lowest BCUT2D eigenvalue weighted by atomic mass is 10.2. The average molecular weight is 226 g/mol. The zero-order valence-electron chi connectivity index (χ0n) is 9.04. The molecule has 0 atom stereocenters. The largest absolute Gasteiger partial charge is 0.504 e. The molecule has 1 rings (SSSR count). The third-order valence-electron chi connectivity index (χ3n) is 1.62. The van der Waals surface area contributed by atoms with E-state index in [1.165, 1.54) is 19.3 Å². The van der Waals surface area contributed by atoms with Gasteiger partial charge in [0.25, 0.3) is 0 Å². The number of aliphatic hydroxyl groups is 1. The molecule has 0 amide bonds. The number of phenolic OH excluding ortho intramolecular Hbond substituents is 1. The quantitative estimate of drug-likeness (QED) is 0.672. The van der Waals surface area contributed by atoms with E-state index in [-0.39, 0.29) is 5.75 Å². The fraction of sp³-hybridized carbons (Fsp3) is 0.182. The normalized spacial score (nSPS) is 9.44. The molecule has 5 nitrogen and oxygen atoms in total. The van der Waals surface area contributed by atoms with Crippen LogP contribution in [0.4, 0.5) is 0 Å². The number of aliphatic carboxylic acids is 1. The van der Waals surface area contributed by atoms with Crippen molar-refractivity contribution in [2.75, 3.05) is 14.2 Å². The summed E-state index contributed by atoms with van der Waals surface area (Å²) in [5, 5.41) is 24.6. The van der Waals surface area contributed by atoms with Crippen LogP contribution >= 0.6 is 0 Å². The minimum absolute atomic E-state index is 0.0278. The van der Waals surface area contributed by atoms with Crippen LogP contribution in [-0.2, 0) is 4.79 Å². The number of rotatable bonds is 3. The van der Waals surface area contributed by atoms with Gasteiger partial charge in [-0.1, -0.05) is 6.07 Å². The Labute approximate surface area is 93.2 Å². The monoisotopic (exact) mass is 226 g/mol. The fourth-order valence-electron chi connectivity index (χ4n) is 0.965. The molecule has 0 radical (unpaired) electrons. The Morgan fingerprint density at radius 3 is 2.50 bits per heavy atom. The molecule has 16 heavy (non-hydrogen) atoms. The van der Waals surface area contributed by atoms with Crippen LogP contribution in [0.15, 0.2) is 24.3 Å². The van der Waals surface area contributed by atoms with E-state index in [1.54, 1.807) is 12.1 Å². The van der Waals surface area contributed by atoms with E-state index >= 15 is 0 Å². The number of aromatic hydroxyl groups is 1. The van der Waals surface area contributed by atoms with Gasteiger partial charge in [0.05, 0.1) is 7.11 Å². The molecule has 0 bridgehead atoms. The van der Waals surface area contributed by atoms with Crippen LogP contribution in [0.1, 0.15) is 5.56 Å². The Morgan fingerprint density at radius 2 is 2.00 bits per heavy atom. The highest BCUT2D eigenvalue weighted by Crippen LogP contribution is 2.26. The number of hydrogen-bond donors (Lipinski definition) is 3. The minimum Gasteiger partial charge on any atom is -0.504 e. The predicted octanol–water partition coefficient (Wildman–Crippen LogP) is 1.11. The highest BCUT2D eigenvalue weighted by atomic mass is 16.5. The van der Waals surface area contributed by atoms with Crippen molar-refractivity contribution in [2.45, 2.75) is 0 Å². The molecular weight excluding hydrogens is 212 g/mol. The van der Waals surface area contributed by atoms with Crippen molar-refractivity contribution in [3.05, 3.63) is 29.8 Å². The van der Waals surface area contributed by atoms with Crippen LogP contribution < -0.4 is 4.74 Å². The summed E-state index contributed by atoms with van der Waals surface area (Å²) in [6.45, 7) is 0. The number of aliphatic hydroxyl groups excluding tert-OH is 1. The zero-order chi connectivity index (χ0) is 12.6. The molecule has 0 unspecified atom stereocenters. The maximum atomic E-state index is 10.2. The predicted molar refractivity (Wildman–Crippen MR) is 59.5 cm³/mol. The average Bonchev–Trinajstić information content (AvgIpc) is 2.30. The van der Waals surface area contributed by atoms with Crippen molar-refractivity contribution in [3.8, 4) is 11.5 Å². The van der Waals surface area contributed by atoms with Crippen LogP contribution in [0, 0.1) is 0 Å². The van der Waals surface area contributed by atoms with Gasteiger partial charge in [-0.15, -0.1) is 0 Å². The number of carboxylic acids is 1. The van der Waals surface area contributed by atoms with Crippen LogP contribution in [0.2, 0.25) is 0 Å². The summed E-state index contributed by atoms with van der Waals surface area (Å²) in [5.41, 5.74) is 0.655. The lowest BCUT2D eigenvalue weighted by Crippen LogP contribution is -1.87. The highest BCUT2D eigenvalue weighted by Gasteiger charge is 2.00. The number of ether oxygens (including phenoxy) is 1. The number of hydrogen-bond acceptors (Lipinski definition) is 4. The van der Waals surface area contributed by atoms with Gasteiger partial charge in [0, 0.05) is 13.2 Å². The van der Waals surface area contributed by atoms with Gasteiger partial charge in [-0.2, -0.15) is 0 Å². The smallest absolute Gasteiger partial charge is 0.328 e. The molecule has 0 saturated carbocycles. The van der Waals surface area contributed by atoms with Crippen LogP contribution in [-0.4, -0.2) is 35.5 Å². The summed E-state index contributed by atoms with van der Waals surface area (Å²) in [6, 6.07) is 4.59. The summed E-state index contributed by atoms with van der Waals surface area (Å²) in [4.78, 5) is 10.2. The van der Waals surface area contributed by atoms with Gasteiger partial charge in [0.2, 0.25) is 0 Å². The molecule has 1 aromatic carbocycles. The molecule has 0 spiro atoms. The second-order valence-corrected chi connectivity index (χ2v) is 2.60. The Bertz CT molecular complexity index is 371. The van der Waals surface area contributed by atoms with E-state index < -0.39 is 5.97 Å². The van der Waals surface area contributed by atoms with Gasteiger partial charge >= 0.3 is 5.97 Å². The lowest BCUT2D eigenvalue weighted by Gasteiger charge is -2.03. The lowest BCUT2D eigenvalue weighted by molar-refractivity contribution is -0.131. The first-order valence-electron chi connectivity index (χ1n) is 4.36. The number of benzene rings is 1. The second kappa shape index (κ2) is 7.30. The van der Waals surface area contributed by atoms with Gasteiger partial charge in [0.1, 0.15) is 0 Å². The van der Waals surface area contributed by atoms with Crippen LogP contribution in [0.3, 0.4) is 0 Å². The van der Waals surface area contributed by atoms with E-state index in [2.05, 4.69) is 0 Å². The number of carboxylic acid groups (broad SMARTS) is 1. The van der Waals surface area contributed by atoms with E-state index in [1.807, 2.05) is 0 Å². The van der Waals surface area contributed by atoms with E-state index in [9.17, 15) is 9.90 Å². The summed E-state index contributed by atoms with van der Waals surface area (Å²) in [7, 11) is 2.43. The SMILES string of the molecule is CO.COc1cc(C=CC(=O)O)ccc1O. The van der Waals surface area contributed by atoms with Crippen molar-refractivity contribution in [2.24, 2.45) is 0 Å². The molecule has 0 aliphatic carbocycles. The molecule has 0 aliphatic rings. The van der Waals surface area contributed by atoms with Gasteiger partial charge < -0.3 is 20.1 Å². The third kappa shape index (κ3) is 4.47. The molecule has 5 heteroatoms. The molecule has 1 aromatic rings. The van der Waals surface area contributed by atoms with Crippen molar-refractivity contribution >= 4 is 12.0 Å². The molecule has 0 saturated heterocycles. The molecule has 0 aliphatic heterocycles. The summed E-state index contributed by atoms with van der Waals surface area (Å²) in [5.74, 6) is -0.672. The maximum Gasteiger partial charge on any atom is 0.328 e. The van der Waals surface area contributed by atoms with Gasteiger partial charge in [0.15, 0.2) is 11.5 Å². The van der Waals surface area contributed by atoms with Crippen LogP contribution in [0.25, 0.3) is 6.08 Å². The Hall–Kier alpha value is -2.01. The van der Waals surface area contributed by atoms with Crippen molar-refractivity contribution in [1.82, 2.24) is 0 Å². The molecule has 0 heterocycles. The van der Waals surface area contributed by atoms with Gasteiger partial charge in [-0.05, 0) is 23.8 Å². The molecule has 88 valence electrons. The standard InChI is InChI=1S/C10H10O4.CH4O/c1-14-9-6-7(2-4-8(9)11)3-5-10(12)13;1-2/h2-6,11H,1H3,(H,12,13);2H,1H3. The zero-order valence-corrected chi connectivity index (χ0v) is 9.04. The number of methoxy groups -OCH3 is 1. The number of phenols is 1. The summed E-state index contributed by atoms with van der Waals surface area (Å²) < 4.78 is 4.86. The van der Waals surface area contributed by atoms with E-state index in [4.69, 9.17) is 14.9 Å². The first-order valence-corrected chi connectivity index (χ1v) is 4.36.